The van der Waals surface area contributed by atoms with Crippen LogP contribution in [0.1, 0.15) is 41.7 Å². The number of carbonyl (C=O) groups is 2. The molecule has 1 saturated heterocycles. The minimum atomic E-state index is -0.114. The van der Waals surface area contributed by atoms with Crippen molar-refractivity contribution in [3.63, 3.8) is 0 Å². The summed E-state index contributed by atoms with van der Waals surface area (Å²) in [6.07, 6.45) is 6.90. The van der Waals surface area contributed by atoms with Gasteiger partial charge in [0.1, 0.15) is 11.4 Å². The van der Waals surface area contributed by atoms with Crippen LogP contribution >= 0.6 is 0 Å². The molecule has 2 N–H and O–H groups in total. The Bertz CT molecular complexity index is 1760. The van der Waals surface area contributed by atoms with Gasteiger partial charge in [0.05, 0.1) is 34.8 Å². The second kappa shape index (κ2) is 9.22. The first-order chi connectivity index (χ1) is 18.4. The number of rotatable bonds is 4. The van der Waals surface area contributed by atoms with E-state index in [2.05, 4.69) is 10.1 Å². The van der Waals surface area contributed by atoms with Gasteiger partial charge in [0, 0.05) is 54.9 Å². The second-order valence-electron chi connectivity index (χ2n) is 9.42. The summed E-state index contributed by atoms with van der Waals surface area (Å²) in [4.78, 5) is 47.3. The van der Waals surface area contributed by atoms with E-state index in [4.69, 9.17) is 15.1 Å². The lowest BCUT2D eigenvalue weighted by molar-refractivity contribution is -0.129. The molecule has 4 aromatic heterocycles. The van der Waals surface area contributed by atoms with Crippen molar-refractivity contribution in [3.8, 4) is 22.4 Å². The van der Waals surface area contributed by atoms with Crippen LogP contribution in [0.25, 0.3) is 39.0 Å². The van der Waals surface area contributed by atoms with E-state index in [1.807, 2.05) is 18.2 Å². The van der Waals surface area contributed by atoms with E-state index in [9.17, 15) is 14.4 Å². The molecule has 0 saturated carbocycles. The lowest BCUT2D eigenvalue weighted by Gasteiger charge is -2.31. The number of aldehydes is 1. The number of pyridine rings is 1. The molecule has 10 nitrogen and oxygen atoms in total. The Kier molecular flexibility index (Phi) is 5.71. The molecule has 1 fully saturated rings. The van der Waals surface area contributed by atoms with E-state index in [1.54, 1.807) is 36.4 Å². The van der Waals surface area contributed by atoms with E-state index in [-0.39, 0.29) is 23.1 Å². The molecule has 0 aliphatic carbocycles. The average Bonchev–Trinajstić information content (AvgIpc) is 3.37. The third-order valence-electron chi connectivity index (χ3n) is 7.22. The van der Waals surface area contributed by atoms with Gasteiger partial charge in [-0.05, 0) is 37.1 Å². The number of likely N-dealkylation sites (tertiary alicyclic amines) is 1. The Morgan fingerprint density at radius 3 is 2.61 bits per heavy atom. The molecule has 1 aliphatic heterocycles. The fourth-order valence-electron chi connectivity index (χ4n) is 5.12. The maximum atomic E-state index is 12.2. The number of piperidine rings is 1. The maximum Gasteiger partial charge on any atom is 0.219 e. The minimum Gasteiger partial charge on any atom is -0.464 e. The predicted molar refractivity (Wildman–Crippen MR) is 142 cm³/mol. The number of nitrogen functional groups attached to an aromatic ring is 1. The number of nitrogens with two attached hydrogens (primary N) is 1. The lowest BCUT2D eigenvalue weighted by Crippen LogP contribution is -2.36. The van der Waals surface area contributed by atoms with Gasteiger partial charge in [0.2, 0.25) is 5.91 Å². The van der Waals surface area contributed by atoms with Gasteiger partial charge in [0.15, 0.2) is 17.4 Å². The Morgan fingerprint density at radius 2 is 1.89 bits per heavy atom. The van der Waals surface area contributed by atoms with Crippen molar-refractivity contribution in [3.05, 3.63) is 76.5 Å². The van der Waals surface area contributed by atoms with E-state index < -0.39 is 0 Å². The summed E-state index contributed by atoms with van der Waals surface area (Å²) in [5.74, 6) is 0.287. The lowest BCUT2D eigenvalue weighted by atomic mass is 9.90. The van der Waals surface area contributed by atoms with Gasteiger partial charge < -0.3 is 15.1 Å². The molecule has 0 bridgehead atoms. The van der Waals surface area contributed by atoms with Crippen LogP contribution in [0.2, 0.25) is 0 Å². The molecule has 5 heterocycles. The third kappa shape index (κ3) is 3.90. The van der Waals surface area contributed by atoms with Crippen molar-refractivity contribution in [1.82, 2.24) is 24.5 Å². The monoisotopic (exact) mass is 508 g/mol. The quantitative estimate of drug-likeness (QED) is 0.363. The highest BCUT2D eigenvalue weighted by Gasteiger charge is 2.27. The molecule has 5 aromatic rings. The van der Waals surface area contributed by atoms with E-state index in [1.165, 1.54) is 16.8 Å². The van der Waals surface area contributed by atoms with Crippen molar-refractivity contribution in [2.45, 2.75) is 25.7 Å². The van der Waals surface area contributed by atoms with Crippen LogP contribution in [-0.2, 0) is 4.79 Å². The summed E-state index contributed by atoms with van der Waals surface area (Å²) in [6, 6.07) is 10.6. The Morgan fingerprint density at radius 1 is 1.11 bits per heavy atom. The zero-order valence-corrected chi connectivity index (χ0v) is 20.6. The van der Waals surface area contributed by atoms with Gasteiger partial charge in [-0.3, -0.25) is 19.4 Å². The number of hydrogen-bond acceptors (Lipinski definition) is 8. The predicted octanol–water partition coefficient (Wildman–Crippen LogP) is 3.69. The molecule has 10 heteroatoms. The Labute approximate surface area is 216 Å². The topological polar surface area (TPSA) is 137 Å². The molecule has 6 rings (SSSR count). The smallest absolute Gasteiger partial charge is 0.219 e. The molecule has 0 spiro atoms. The van der Waals surface area contributed by atoms with Crippen LogP contribution in [0.15, 0.2) is 64.3 Å². The third-order valence-corrected chi connectivity index (χ3v) is 7.22. The molecule has 1 amide bonds. The van der Waals surface area contributed by atoms with Crippen molar-refractivity contribution < 1.29 is 14.0 Å². The van der Waals surface area contributed by atoms with Crippen LogP contribution in [0.3, 0.4) is 0 Å². The fourth-order valence-corrected chi connectivity index (χ4v) is 5.12. The normalized spacial score (nSPS) is 14.3. The van der Waals surface area contributed by atoms with E-state index in [0.717, 1.165) is 23.0 Å². The van der Waals surface area contributed by atoms with Crippen molar-refractivity contribution >= 4 is 34.6 Å². The summed E-state index contributed by atoms with van der Waals surface area (Å²) >= 11 is 0. The highest BCUT2D eigenvalue weighted by Crippen LogP contribution is 2.34. The SMILES string of the molecule is CC(=O)N1CCC(c2nc3c(-c4ccc(-c5ccc6occc(=O)c6c5)nc4)cnn3c(N)c2C=O)CC1. The van der Waals surface area contributed by atoms with Crippen molar-refractivity contribution in [2.24, 2.45) is 0 Å². The first-order valence-electron chi connectivity index (χ1n) is 12.3. The summed E-state index contributed by atoms with van der Waals surface area (Å²) in [6.45, 7) is 2.78. The van der Waals surface area contributed by atoms with Crippen LogP contribution in [-0.4, -0.2) is 49.8 Å². The molecule has 1 aliphatic rings. The summed E-state index contributed by atoms with van der Waals surface area (Å²) in [5.41, 5.74) is 11.3. The highest BCUT2D eigenvalue weighted by atomic mass is 16.3. The maximum absolute atomic E-state index is 12.2. The summed E-state index contributed by atoms with van der Waals surface area (Å²) < 4.78 is 6.88. The molecule has 0 atom stereocenters. The number of nitrogens with zero attached hydrogens (tertiary/aromatic N) is 5. The number of hydrogen-bond donors (Lipinski definition) is 1. The van der Waals surface area contributed by atoms with Crippen molar-refractivity contribution in [1.29, 1.82) is 0 Å². The van der Waals surface area contributed by atoms with E-state index in [0.29, 0.717) is 59.5 Å². The van der Waals surface area contributed by atoms with Crippen molar-refractivity contribution in [2.75, 3.05) is 18.8 Å². The number of aromatic nitrogens is 4. The number of fused-ring (bicyclic) bond motifs is 2. The van der Waals surface area contributed by atoms with Gasteiger partial charge >= 0.3 is 0 Å². The molecular formula is C28H24N6O4. The molecule has 0 radical (unpaired) electrons. The first-order valence-corrected chi connectivity index (χ1v) is 12.3. The summed E-state index contributed by atoms with van der Waals surface area (Å²) in [7, 11) is 0. The molecule has 0 unspecified atom stereocenters. The van der Waals surface area contributed by atoms with Crippen LogP contribution in [0, 0.1) is 0 Å². The average molecular weight is 509 g/mol. The zero-order valence-electron chi connectivity index (χ0n) is 20.6. The second-order valence-corrected chi connectivity index (χ2v) is 9.42. The molecular weight excluding hydrogens is 484 g/mol. The van der Waals surface area contributed by atoms with Gasteiger partial charge in [0.25, 0.3) is 0 Å². The number of amides is 1. The molecule has 1 aromatic carbocycles. The first kappa shape index (κ1) is 23.5. The molecule has 38 heavy (non-hydrogen) atoms. The van der Waals surface area contributed by atoms with E-state index >= 15 is 0 Å². The summed E-state index contributed by atoms with van der Waals surface area (Å²) in [5, 5.41) is 4.89. The minimum absolute atomic E-state index is 0.00638. The van der Waals surface area contributed by atoms with Crippen LogP contribution in [0.4, 0.5) is 5.82 Å². The molecule has 190 valence electrons. The number of benzene rings is 1. The van der Waals surface area contributed by atoms with Gasteiger partial charge in [-0.25, -0.2) is 4.98 Å². The standard InChI is InChI=1S/C28H24N6O4/c1-16(36)33-9-6-17(7-10-33)26-22(15-35)27(29)34-28(32-26)21(14-31-34)19-2-4-23(30-13-19)18-3-5-25-20(12-18)24(37)8-11-38-25/h2-5,8,11-15,17H,6-7,9-10,29H2,1H3. The fraction of sp³-hybridized carbons (Fsp3) is 0.214. The largest absolute Gasteiger partial charge is 0.464 e. The Hall–Kier alpha value is -4.86. The van der Waals surface area contributed by atoms with Crippen LogP contribution < -0.4 is 11.2 Å². The van der Waals surface area contributed by atoms with Gasteiger partial charge in [-0.2, -0.15) is 9.61 Å². The zero-order chi connectivity index (χ0) is 26.4. The van der Waals surface area contributed by atoms with Crippen LogP contribution in [0.5, 0.6) is 0 Å². The Balaban J connectivity index is 1.37. The van der Waals surface area contributed by atoms with Gasteiger partial charge in [-0.1, -0.05) is 6.07 Å². The highest BCUT2D eigenvalue weighted by molar-refractivity contribution is 5.87. The number of anilines is 1. The van der Waals surface area contributed by atoms with Gasteiger partial charge in [-0.15, -0.1) is 0 Å². The number of carbonyl (C=O) groups excluding carboxylic acids is 2.